The number of cyclic esters (lactones) is 1. The molecule has 0 bridgehead atoms. The number of benzene rings is 2. The normalized spacial score (nSPS) is 21.2. The molecule has 3 rings (SSSR count). The Bertz CT molecular complexity index is 793. The molecule has 5 heteroatoms. The number of hydrogen-bond acceptors (Lipinski definition) is 2. The third kappa shape index (κ3) is 3.83. The highest BCUT2D eigenvalue weighted by atomic mass is 79.9. The van der Waals surface area contributed by atoms with Crippen molar-refractivity contribution in [1.82, 2.24) is 4.90 Å². The molecule has 26 heavy (non-hydrogen) atoms. The van der Waals surface area contributed by atoms with Crippen LogP contribution in [-0.2, 0) is 4.74 Å². The number of rotatable bonds is 5. The van der Waals surface area contributed by atoms with E-state index in [-0.39, 0.29) is 23.9 Å². The Hall–Kier alpha value is -2.14. The first kappa shape index (κ1) is 18.6. The first-order valence-electron chi connectivity index (χ1n) is 8.59. The van der Waals surface area contributed by atoms with Crippen LogP contribution in [-0.4, -0.2) is 17.5 Å². The molecule has 0 N–H and O–H groups in total. The van der Waals surface area contributed by atoms with Crippen molar-refractivity contribution >= 4 is 22.0 Å². The molecule has 1 saturated heterocycles. The zero-order valence-corrected chi connectivity index (χ0v) is 16.2. The first-order chi connectivity index (χ1) is 12.5. The molecule has 0 aliphatic carbocycles. The highest BCUT2D eigenvalue weighted by Gasteiger charge is 2.38. The molecule has 1 aliphatic rings. The van der Waals surface area contributed by atoms with Gasteiger partial charge in [-0.1, -0.05) is 52.3 Å². The number of halogens is 2. The van der Waals surface area contributed by atoms with Gasteiger partial charge in [-0.3, -0.25) is 0 Å². The van der Waals surface area contributed by atoms with E-state index in [1.807, 2.05) is 37.3 Å². The Kier molecular flexibility index (Phi) is 5.77. The van der Waals surface area contributed by atoms with Gasteiger partial charge in [0.1, 0.15) is 11.9 Å². The third-order valence-corrected chi connectivity index (χ3v) is 5.53. The summed E-state index contributed by atoms with van der Waals surface area (Å²) in [6, 6.07) is 13.9. The summed E-state index contributed by atoms with van der Waals surface area (Å²) in [5.41, 5.74) is 1.84. The van der Waals surface area contributed by atoms with Gasteiger partial charge < -0.3 is 9.64 Å². The average molecular weight is 418 g/mol. The highest BCUT2D eigenvalue weighted by molar-refractivity contribution is 9.10. The van der Waals surface area contributed by atoms with Crippen LogP contribution in [0.2, 0.25) is 0 Å². The van der Waals surface area contributed by atoms with Crippen LogP contribution < -0.4 is 0 Å². The van der Waals surface area contributed by atoms with Gasteiger partial charge in [0.25, 0.3) is 0 Å². The number of carbonyl (C=O) groups is 1. The van der Waals surface area contributed by atoms with E-state index in [0.717, 1.165) is 15.6 Å². The topological polar surface area (TPSA) is 29.5 Å². The summed E-state index contributed by atoms with van der Waals surface area (Å²) in [4.78, 5) is 14.5. The molecule has 1 heterocycles. The van der Waals surface area contributed by atoms with E-state index >= 15 is 0 Å². The van der Waals surface area contributed by atoms with Gasteiger partial charge in [-0.25, -0.2) is 9.18 Å². The second-order valence-electron chi connectivity index (χ2n) is 6.49. The maximum absolute atomic E-state index is 13.2. The maximum atomic E-state index is 13.2. The van der Waals surface area contributed by atoms with Gasteiger partial charge in [-0.15, -0.1) is 6.58 Å². The molecular formula is C21H21BrFNO2. The number of hydrogen-bond donors (Lipinski definition) is 0. The number of ether oxygens (including phenoxy) is 1. The van der Waals surface area contributed by atoms with E-state index in [0.29, 0.717) is 13.0 Å². The molecule has 2 aromatic carbocycles. The summed E-state index contributed by atoms with van der Waals surface area (Å²) in [7, 11) is 0. The molecule has 0 radical (unpaired) electrons. The van der Waals surface area contributed by atoms with E-state index < -0.39 is 6.10 Å². The fraction of sp³-hybridized carbons (Fsp3) is 0.286. The van der Waals surface area contributed by atoms with Gasteiger partial charge in [0.2, 0.25) is 0 Å². The molecular weight excluding hydrogens is 397 g/mol. The summed E-state index contributed by atoms with van der Waals surface area (Å²) in [6.07, 6.45) is 1.78. The molecule has 0 saturated carbocycles. The van der Waals surface area contributed by atoms with Crippen LogP contribution in [0.4, 0.5) is 9.18 Å². The van der Waals surface area contributed by atoms with Crippen LogP contribution in [0.3, 0.4) is 0 Å². The average Bonchev–Trinajstić information content (AvgIpc) is 2.64. The van der Waals surface area contributed by atoms with Crippen molar-refractivity contribution in [2.75, 3.05) is 6.54 Å². The molecule has 1 aliphatic heterocycles. The monoisotopic (exact) mass is 417 g/mol. The summed E-state index contributed by atoms with van der Waals surface area (Å²) in [5, 5.41) is 0. The Labute approximate surface area is 161 Å². The van der Waals surface area contributed by atoms with Crippen LogP contribution in [0.5, 0.6) is 0 Å². The number of nitrogens with zero attached hydrogens (tertiary/aromatic N) is 1. The Morgan fingerprint density at radius 2 is 2.00 bits per heavy atom. The van der Waals surface area contributed by atoms with Gasteiger partial charge in [-0.2, -0.15) is 0 Å². The van der Waals surface area contributed by atoms with Crippen molar-refractivity contribution in [1.29, 1.82) is 0 Å². The SMILES string of the molecule is C=CCC1CN(C(C)c2ccccc2Br)C(=O)OC1c1ccc(F)cc1. The van der Waals surface area contributed by atoms with Crippen LogP contribution in [0.25, 0.3) is 0 Å². The van der Waals surface area contributed by atoms with E-state index in [2.05, 4.69) is 22.5 Å². The van der Waals surface area contributed by atoms with Gasteiger partial charge in [0, 0.05) is 16.9 Å². The van der Waals surface area contributed by atoms with Crippen molar-refractivity contribution in [2.24, 2.45) is 5.92 Å². The molecule has 3 nitrogen and oxygen atoms in total. The Balaban J connectivity index is 1.86. The Morgan fingerprint density at radius 3 is 2.65 bits per heavy atom. The van der Waals surface area contributed by atoms with Crippen molar-refractivity contribution in [3.63, 3.8) is 0 Å². The molecule has 0 aromatic heterocycles. The summed E-state index contributed by atoms with van der Waals surface area (Å²) in [6.45, 7) is 6.37. The van der Waals surface area contributed by atoms with Crippen molar-refractivity contribution in [3.8, 4) is 0 Å². The maximum Gasteiger partial charge on any atom is 0.410 e. The minimum absolute atomic E-state index is 0.0561. The summed E-state index contributed by atoms with van der Waals surface area (Å²) in [5.74, 6) is -0.249. The lowest BCUT2D eigenvalue weighted by Crippen LogP contribution is -2.45. The van der Waals surface area contributed by atoms with Gasteiger partial charge in [-0.05, 0) is 42.7 Å². The molecule has 1 amide bonds. The van der Waals surface area contributed by atoms with Crippen molar-refractivity contribution < 1.29 is 13.9 Å². The standard InChI is InChI=1S/C21H21BrFNO2/c1-3-6-16-13-24(14(2)18-7-4-5-8-19(18)22)21(25)26-20(16)15-9-11-17(23)12-10-15/h3-5,7-12,14,16,20H,1,6,13H2,2H3. The van der Waals surface area contributed by atoms with Crippen LogP contribution in [0.15, 0.2) is 65.7 Å². The fourth-order valence-corrected chi connectivity index (χ4v) is 4.01. The predicted octanol–water partition coefficient (Wildman–Crippen LogP) is 6.04. The third-order valence-electron chi connectivity index (χ3n) is 4.81. The Morgan fingerprint density at radius 1 is 1.31 bits per heavy atom. The number of allylic oxidation sites excluding steroid dienone is 1. The quantitative estimate of drug-likeness (QED) is 0.555. The van der Waals surface area contributed by atoms with Crippen LogP contribution >= 0.6 is 15.9 Å². The van der Waals surface area contributed by atoms with Gasteiger partial charge >= 0.3 is 6.09 Å². The minimum atomic E-state index is -0.399. The number of amides is 1. The zero-order valence-electron chi connectivity index (χ0n) is 14.6. The minimum Gasteiger partial charge on any atom is -0.441 e. The van der Waals surface area contributed by atoms with Gasteiger partial charge in [0.05, 0.1) is 6.04 Å². The number of carbonyl (C=O) groups excluding carboxylic acids is 1. The molecule has 1 fully saturated rings. The van der Waals surface area contributed by atoms with E-state index in [9.17, 15) is 9.18 Å². The zero-order chi connectivity index (χ0) is 18.7. The lowest BCUT2D eigenvalue weighted by Gasteiger charge is -2.41. The fourth-order valence-electron chi connectivity index (χ4n) is 3.40. The van der Waals surface area contributed by atoms with E-state index in [1.54, 1.807) is 17.0 Å². The highest BCUT2D eigenvalue weighted by Crippen LogP contribution is 2.38. The van der Waals surface area contributed by atoms with E-state index in [1.165, 1.54) is 12.1 Å². The smallest absolute Gasteiger partial charge is 0.410 e. The van der Waals surface area contributed by atoms with Crippen molar-refractivity contribution in [3.05, 3.63) is 82.6 Å². The first-order valence-corrected chi connectivity index (χ1v) is 9.38. The molecule has 136 valence electrons. The summed E-state index contributed by atoms with van der Waals surface area (Å²) < 4.78 is 20.0. The largest absolute Gasteiger partial charge is 0.441 e. The van der Waals surface area contributed by atoms with Crippen molar-refractivity contribution in [2.45, 2.75) is 25.5 Å². The summed E-state index contributed by atoms with van der Waals surface area (Å²) >= 11 is 3.55. The molecule has 3 unspecified atom stereocenters. The van der Waals surface area contributed by atoms with Crippen LogP contribution in [0.1, 0.15) is 36.6 Å². The molecule has 0 spiro atoms. The predicted molar refractivity (Wildman–Crippen MR) is 103 cm³/mol. The lowest BCUT2D eigenvalue weighted by atomic mass is 9.90. The lowest BCUT2D eigenvalue weighted by molar-refractivity contribution is -0.0236. The van der Waals surface area contributed by atoms with E-state index in [4.69, 9.17) is 4.74 Å². The molecule has 3 atom stereocenters. The second-order valence-corrected chi connectivity index (χ2v) is 7.34. The second kappa shape index (κ2) is 8.04. The van der Waals surface area contributed by atoms with Gasteiger partial charge in [0.15, 0.2) is 0 Å². The molecule has 2 aromatic rings. The van der Waals surface area contributed by atoms with Crippen LogP contribution in [0, 0.1) is 11.7 Å².